The highest BCUT2D eigenvalue weighted by Crippen LogP contribution is 2.17. The SMILES string of the molecule is CC(C)C(NC(=O)Cn1c(CS(C)(=O)=O)nc2ccccc21)C(=O)O. The average molecular weight is 367 g/mol. The standard InChI is InChI=1S/C16H21N3O5S/c1-10(2)15(16(21)22)18-14(20)8-19-12-7-5-4-6-11(12)17-13(19)9-25(3,23)24/h4-7,10,15H,8-9H2,1-3H3,(H,18,20)(H,21,22). The predicted octanol–water partition coefficient (Wildman–Crippen LogP) is 0.806. The van der Waals surface area contributed by atoms with Gasteiger partial charge in [-0.25, -0.2) is 18.2 Å². The number of carbonyl (C=O) groups is 2. The van der Waals surface area contributed by atoms with Gasteiger partial charge in [0.2, 0.25) is 5.91 Å². The summed E-state index contributed by atoms with van der Waals surface area (Å²) >= 11 is 0. The van der Waals surface area contributed by atoms with Crippen LogP contribution in [0.5, 0.6) is 0 Å². The first kappa shape index (κ1) is 18.9. The minimum Gasteiger partial charge on any atom is -0.480 e. The smallest absolute Gasteiger partial charge is 0.326 e. The summed E-state index contributed by atoms with van der Waals surface area (Å²) in [5.41, 5.74) is 1.19. The van der Waals surface area contributed by atoms with Crippen LogP contribution < -0.4 is 5.32 Å². The Bertz CT molecular complexity index is 902. The fourth-order valence-corrected chi connectivity index (χ4v) is 3.21. The number of amides is 1. The van der Waals surface area contributed by atoms with Gasteiger partial charge in [0.15, 0.2) is 9.84 Å². The molecule has 0 aliphatic heterocycles. The molecule has 0 saturated carbocycles. The molecular weight excluding hydrogens is 346 g/mol. The fraction of sp³-hybridized carbons (Fsp3) is 0.438. The van der Waals surface area contributed by atoms with Crippen LogP contribution in [0.15, 0.2) is 24.3 Å². The Hall–Kier alpha value is -2.42. The molecule has 2 rings (SSSR count). The predicted molar refractivity (Wildman–Crippen MR) is 92.7 cm³/mol. The van der Waals surface area contributed by atoms with Crippen molar-refractivity contribution in [2.45, 2.75) is 32.2 Å². The van der Waals surface area contributed by atoms with Crippen molar-refractivity contribution >= 4 is 32.7 Å². The summed E-state index contributed by atoms with van der Waals surface area (Å²) in [4.78, 5) is 27.8. The monoisotopic (exact) mass is 367 g/mol. The number of aliphatic carboxylic acids is 1. The molecule has 0 aliphatic carbocycles. The molecule has 0 radical (unpaired) electrons. The molecule has 0 saturated heterocycles. The molecule has 0 aliphatic rings. The number of rotatable bonds is 7. The Morgan fingerprint density at radius 2 is 1.92 bits per heavy atom. The number of carbonyl (C=O) groups excluding carboxylic acids is 1. The van der Waals surface area contributed by atoms with Crippen molar-refractivity contribution in [1.82, 2.24) is 14.9 Å². The molecular formula is C16H21N3O5S. The van der Waals surface area contributed by atoms with Gasteiger partial charge in [-0.05, 0) is 18.1 Å². The lowest BCUT2D eigenvalue weighted by atomic mass is 10.1. The van der Waals surface area contributed by atoms with Gasteiger partial charge in [-0.2, -0.15) is 0 Å². The van der Waals surface area contributed by atoms with Crippen LogP contribution in [0.25, 0.3) is 11.0 Å². The van der Waals surface area contributed by atoms with Crippen LogP contribution in [-0.4, -0.2) is 47.2 Å². The van der Waals surface area contributed by atoms with Crippen LogP contribution >= 0.6 is 0 Å². The van der Waals surface area contributed by atoms with E-state index in [0.29, 0.717) is 11.0 Å². The summed E-state index contributed by atoms with van der Waals surface area (Å²) in [5.74, 6) is -1.97. The highest BCUT2D eigenvalue weighted by molar-refractivity contribution is 7.89. The second-order valence-corrected chi connectivity index (χ2v) is 8.44. The lowest BCUT2D eigenvalue weighted by Gasteiger charge is -2.18. The van der Waals surface area contributed by atoms with Gasteiger partial charge >= 0.3 is 5.97 Å². The van der Waals surface area contributed by atoms with Crippen LogP contribution in [0, 0.1) is 5.92 Å². The lowest BCUT2D eigenvalue weighted by molar-refractivity contribution is -0.143. The van der Waals surface area contributed by atoms with Crippen molar-refractivity contribution in [3.8, 4) is 0 Å². The largest absolute Gasteiger partial charge is 0.480 e. The van der Waals surface area contributed by atoms with E-state index >= 15 is 0 Å². The van der Waals surface area contributed by atoms with Crippen molar-refractivity contribution in [3.63, 3.8) is 0 Å². The van der Waals surface area contributed by atoms with Gasteiger partial charge < -0.3 is 15.0 Å². The molecule has 0 bridgehead atoms. The van der Waals surface area contributed by atoms with E-state index in [9.17, 15) is 23.1 Å². The number of fused-ring (bicyclic) bond motifs is 1. The number of carboxylic acid groups (broad SMARTS) is 1. The van der Waals surface area contributed by atoms with Crippen LogP contribution in [0.2, 0.25) is 0 Å². The molecule has 1 heterocycles. The number of para-hydroxylation sites is 2. The van der Waals surface area contributed by atoms with Gasteiger partial charge in [0.05, 0.1) is 11.0 Å². The number of imidazole rings is 1. The minimum atomic E-state index is -3.34. The first-order valence-electron chi connectivity index (χ1n) is 7.72. The Morgan fingerprint density at radius 3 is 2.48 bits per heavy atom. The zero-order valence-electron chi connectivity index (χ0n) is 14.3. The summed E-state index contributed by atoms with van der Waals surface area (Å²) in [6, 6.07) is 5.98. The van der Waals surface area contributed by atoms with Gasteiger partial charge in [0.25, 0.3) is 0 Å². The quantitative estimate of drug-likeness (QED) is 0.747. The molecule has 2 N–H and O–H groups in total. The molecule has 0 spiro atoms. The van der Waals surface area contributed by atoms with Crippen LogP contribution in [-0.2, 0) is 31.7 Å². The van der Waals surface area contributed by atoms with Crippen LogP contribution in [0.1, 0.15) is 19.7 Å². The van der Waals surface area contributed by atoms with E-state index < -0.39 is 27.8 Å². The van der Waals surface area contributed by atoms with Crippen molar-refractivity contribution in [1.29, 1.82) is 0 Å². The van der Waals surface area contributed by atoms with Crippen molar-refractivity contribution in [3.05, 3.63) is 30.1 Å². The van der Waals surface area contributed by atoms with Crippen molar-refractivity contribution in [2.24, 2.45) is 5.92 Å². The summed E-state index contributed by atoms with van der Waals surface area (Å²) in [7, 11) is -3.34. The summed E-state index contributed by atoms with van der Waals surface area (Å²) < 4.78 is 24.8. The molecule has 2 aromatic rings. The normalized spacial score (nSPS) is 13.1. The lowest BCUT2D eigenvalue weighted by Crippen LogP contribution is -2.45. The maximum Gasteiger partial charge on any atom is 0.326 e. The number of nitrogens with one attached hydrogen (secondary N) is 1. The molecule has 1 aromatic carbocycles. The third kappa shape index (κ3) is 4.79. The van der Waals surface area contributed by atoms with Gasteiger partial charge in [0, 0.05) is 6.26 Å². The second kappa shape index (κ2) is 7.22. The number of hydrogen-bond acceptors (Lipinski definition) is 5. The minimum absolute atomic E-state index is 0.206. The van der Waals surface area contributed by atoms with Crippen molar-refractivity contribution in [2.75, 3.05) is 6.26 Å². The molecule has 1 unspecified atom stereocenters. The molecule has 8 nitrogen and oxygen atoms in total. The Labute approximate surface area is 145 Å². The molecule has 9 heteroatoms. The number of sulfone groups is 1. The van der Waals surface area contributed by atoms with E-state index in [2.05, 4.69) is 10.3 Å². The van der Waals surface area contributed by atoms with E-state index in [1.807, 2.05) is 0 Å². The van der Waals surface area contributed by atoms with E-state index in [1.165, 1.54) is 4.57 Å². The summed E-state index contributed by atoms with van der Waals surface area (Å²) in [6.07, 6.45) is 1.09. The zero-order chi connectivity index (χ0) is 18.8. The number of hydrogen-bond donors (Lipinski definition) is 2. The van der Waals surface area contributed by atoms with Crippen molar-refractivity contribution < 1.29 is 23.1 Å². The van der Waals surface area contributed by atoms with E-state index in [-0.39, 0.29) is 24.0 Å². The maximum atomic E-state index is 12.3. The Morgan fingerprint density at radius 1 is 1.28 bits per heavy atom. The topological polar surface area (TPSA) is 118 Å². The molecule has 136 valence electrons. The Balaban J connectivity index is 2.34. The second-order valence-electron chi connectivity index (χ2n) is 6.30. The van der Waals surface area contributed by atoms with E-state index in [0.717, 1.165) is 6.26 Å². The van der Waals surface area contributed by atoms with E-state index in [4.69, 9.17) is 0 Å². The maximum absolute atomic E-state index is 12.3. The van der Waals surface area contributed by atoms with Crippen LogP contribution in [0.3, 0.4) is 0 Å². The third-order valence-electron chi connectivity index (χ3n) is 3.68. The first-order chi connectivity index (χ1) is 11.6. The van der Waals surface area contributed by atoms with Gasteiger partial charge in [-0.15, -0.1) is 0 Å². The first-order valence-corrected chi connectivity index (χ1v) is 9.78. The molecule has 0 fully saturated rings. The molecule has 1 aromatic heterocycles. The zero-order valence-corrected chi connectivity index (χ0v) is 15.1. The number of benzene rings is 1. The number of aromatic nitrogens is 2. The van der Waals surface area contributed by atoms with Gasteiger partial charge in [-0.1, -0.05) is 26.0 Å². The van der Waals surface area contributed by atoms with Gasteiger partial charge in [-0.3, -0.25) is 4.79 Å². The number of carboxylic acids is 1. The fourth-order valence-electron chi connectivity index (χ4n) is 2.52. The average Bonchev–Trinajstić information content (AvgIpc) is 2.80. The molecule has 25 heavy (non-hydrogen) atoms. The van der Waals surface area contributed by atoms with E-state index in [1.54, 1.807) is 38.1 Å². The molecule has 1 amide bonds. The Kier molecular flexibility index (Phi) is 5.46. The summed E-state index contributed by atoms with van der Waals surface area (Å²) in [5, 5.41) is 11.7. The number of nitrogens with zero attached hydrogens (tertiary/aromatic N) is 2. The highest BCUT2D eigenvalue weighted by Gasteiger charge is 2.24. The summed E-state index contributed by atoms with van der Waals surface area (Å²) in [6.45, 7) is 3.18. The molecule has 1 atom stereocenters. The third-order valence-corrected chi connectivity index (χ3v) is 4.46. The van der Waals surface area contributed by atoms with Crippen LogP contribution in [0.4, 0.5) is 0 Å². The van der Waals surface area contributed by atoms with Gasteiger partial charge in [0.1, 0.15) is 24.2 Å². The highest BCUT2D eigenvalue weighted by atomic mass is 32.2.